The SMILES string of the molecule is Cc1c(N2CCN(C)CC2)nc2ccc(Cl)cc2c1/C=C\C1CC1. The first kappa shape index (κ1) is 15.9. The van der Waals surface area contributed by atoms with E-state index in [1.165, 1.54) is 24.0 Å². The van der Waals surface area contributed by atoms with Crippen LogP contribution >= 0.6 is 11.6 Å². The molecule has 4 rings (SSSR count). The molecule has 0 atom stereocenters. The Labute approximate surface area is 148 Å². The van der Waals surface area contributed by atoms with Crippen LogP contribution in [0.2, 0.25) is 5.02 Å². The Morgan fingerprint density at radius 1 is 1.17 bits per heavy atom. The van der Waals surface area contributed by atoms with Crippen LogP contribution in [0.3, 0.4) is 0 Å². The van der Waals surface area contributed by atoms with Gasteiger partial charge < -0.3 is 9.80 Å². The minimum absolute atomic E-state index is 0.763. The number of hydrogen-bond acceptors (Lipinski definition) is 3. The van der Waals surface area contributed by atoms with Gasteiger partial charge in [0.2, 0.25) is 0 Å². The molecule has 3 nitrogen and oxygen atoms in total. The van der Waals surface area contributed by atoms with Crippen molar-refractivity contribution in [3.63, 3.8) is 0 Å². The summed E-state index contributed by atoms with van der Waals surface area (Å²) in [7, 11) is 2.18. The highest BCUT2D eigenvalue weighted by Gasteiger charge is 2.21. The number of rotatable bonds is 3. The van der Waals surface area contributed by atoms with Crippen LogP contribution in [-0.4, -0.2) is 43.1 Å². The molecule has 4 heteroatoms. The zero-order valence-corrected chi connectivity index (χ0v) is 15.2. The van der Waals surface area contributed by atoms with Gasteiger partial charge in [-0.15, -0.1) is 0 Å². The van der Waals surface area contributed by atoms with E-state index in [0.29, 0.717) is 0 Å². The van der Waals surface area contributed by atoms with Crippen molar-refractivity contribution in [1.29, 1.82) is 0 Å². The van der Waals surface area contributed by atoms with Crippen LogP contribution in [-0.2, 0) is 0 Å². The fourth-order valence-corrected chi connectivity index (χ4v) is 3.58. The normalized spacial score (nSPS) is 19.5. The van der Waals surface area contributed by atoms with Gasteiger partial charge >= 0.3 is 0 Å². The second kappa shape index (κ2) is 6.38. The van der Waals surface area contributed by atoms with Crippen LogP contribution in [0.4, 0.5) is 5.82 Å². The van der Waals surface area contributed by atoms with Gasteiger partial charge in [0, 0.05) is 36.6 Å². The standard InChI is InChI=1S/C20H24ClN3/c1-14-17(7-5-15-3-4-15)18-13-16(21)6-8-19(18)22-20(14)24-11-9-23(2)10-12-24/h5-8,13,15H,3-4,9-12H2,1-2H3/b7-5-. The Morgan fingerprint density at radius 2 is 1.92 bits per heavy atom. The predicted octanol–water partition coefficient (Wildman–Crippen LogP) is 4.37. The number of halogens is 1. The summed E-state index contributed by atoms with van der Waals surface area (Å²) in [5.74, 6) is 1.90. The number of likely N-dealkylation sites (N-methyl/N-ethyl adjacent to an activating group) is 1. The summed E-state index contributed by atoms with van der Waals surface area (Å²) in [6.45, 7) is 6.46. The molecule has 24 heavy (non-hydrogen) atoms. The number of aromatic nitrogens is 1. The molecule has 126 valence electrons. The molecule has 0 amide bonds. The van der Waals surface area contributed by atoms with E-state index in [2.05, 4.69) is 42.0 Å². The highest BCUT2D eigenvalue weighted by atomic mass is 35.5. The molecule has 2 aromatic rings. The van der Waals surface area contributed by atoms with Crippen molar-refractivity contribution in [2.75, 3.05) is 38.1 Å². The van der Waals surface area contributed by atoms with Crippen LogP contribution in [0.15, 0.2) is 24.3 Å². The van der Waals surface area contributed by atoms with E-state index in [1.54, 1.807) is 0 Å². The zero-order chi connectivity index (χ0) is 16.7. The molecule has 0 radical (unpaired) electrons. The molecular weight excluding hydrogens is 318 g/mol. The maximum atomic E-state index is 6.25. The van der Waals surface area contributed by atoms with Gasteiger partial charge in [0.05, 0.1) is 5.52 Å². The van der Waals surface area contributed by atoms with Gasteiger partial charge in [-0.2, -0.15) is 0 Å². The second-order valence-electron chi connectivity index (χ2n) is 7.12. The Bertz CT molecular complexity index is 787. The Kier molecular flexibility index (Phi) is 4.23. The van der Waals surface area contributed by atoms with Gasteiger partial charge in [0.25, 0.3) is 0 Å². The third kappa shape index (κ3) is 3.15. The summed E-state index contributed by atoms with van der Waals surface area (Å²) >= 11 is 6.25. The van der Waals surface area contributed by atoms with Crippen molar-refractivity contribution in [3.8, 4) is 0 Å². The van der Waals surface area contributed by atoms with E-state index in [4.69, 9.17) is 16.6 Å². The highest BCUT2D eigenvalue weighted by molar-refractivity contribution is 6.31. The summed E-state index contributed by atoms with van der Waals surface area (Å²) < 4.78 is 0. The molecule has 1 saturated carbocycles. The zero-order valence-electron chi connectivity index (χ0n) is 14.4. The minimum Gasteiger partial charge on any atom is -0.354 e. The number of pyridine rings is 1. The van der Waals surface area contributed by atoms with Crippen LogP contribution in [0.1, 0.15) is 24.0 Å². The molecular formula is C20H24ClN3. The van der Waals surface area contributed by atoms with E-state index in [1.807, 2.05) is 12.1 Å². The molecule has 1 aromatic heterocycles. The second-order valence-corrected chi connectivity index (χ2v) is 7.56. The molecule has 2 aliphatic rings. The number of anilines is 1. The van der Waals surface area contributed by atoms with Gasteiger partial charge in [-0.1, -0.05) is 23.8 Å². The average Bonchev–Trinajstić information content (AvgIpc) is 3.39. The van der Waals surface area contributed by atoms with Crippen molar-refractivity contribution < 1.29 is 0 Å². The van der Waals surface area contributed by atoms with Crippen LogP contribution in [0.25, 0.3) is 17.0 Å². The fraction of sp³-hybridized carbons (Fsp3) is 0.450. The number of piperazine rings is 1. The summed E-state index contributed by atoms with van der Waals surface area (Å²) in [5, 5.41) is 1.94. The van der Waals surface area contributed by atoms with Crippen LogP contribution in [0.5, 0.6) is 0 Å². The molecule has 1 aromatic carbocycles. The van der Waals surface area contributed by atoms with Crippen molar-refractivity contribution in [2.45, 2.75) is 19.8 Å². The molecule has 1 aliphatic carbocycles. The number of fused-ring (bicyclic) bond motifs is 1. The Morgan fingerprint density at radius 3 is 2.62 bits per heavy atom. The Balaban J connectivity index is 1.82. The third-order valence-electron chi connectivity index (χ3n) is 5.17. The maximum absolute atomic E-state index is 6.25. The number of hydrogen-bond donors (Lipinski definition) is 0. The fourth-order valence-electron chi connectivity index (χ4n) is 3.40. The first-order valence-electron chi connectivity index (χ1n) is 8.83. The lowest BCUT2D eigenvalue weighted by Gasteiger charge is -2.34. The quantitative estimate of drug-likeness (QED) is 0.826. The summed E-state index contributed by atoms with van der Waals surface area (Å²) in [6.07, 6.45) is 7.30. The van der Waals surface area contributed by atoms with Gasteiger partial charge in [0.1, 0.15) is 5.82 Å². The van der Waals surface area contributed by atoms with Crippen molar-refractivity contribution >= 4 is 34.4 Å². The number of nitrogens with zero attached hydrogens (tertiary/aromatic N) is 3. The average molecular weight is 342 g/mol. The summed E-state index contributed by atoms with van der Waals surface area (Å²) in [6, 6.07) is 6.04. The van der Waals surface area contributed by atoms with E-state index >= 15 is 0 Å². The molecule has 2 heterocycles. The number of allylic oxidation sites excluding steroid dienone is 1. The van der Waals surface area contributed by atoms with Crippen molar-refractivity contribution in [3.05, 3.63) is 40.4 Å². The lowest BCUT2D eigenvalue weighted by atomic mass is 10.0. The van der Waals surface area contributed by atoms with Crippen molar-refractivity contribution in [1.82, 2.24) is 9.88 Å². The molecule has 0 bridgehead atoms. The van der Waals surface area contributed by atoms with Crippen LogP contribution < -0.4 is 4.90 Å². The lowest BCUT2D eigenvalue weighted by molar-refractivity contribution is 0.312. The maximum Gasteiger partial charge on any atom is 0.132 e. The molecule has 1 saturated heterocycles. The van der Waals surface area contributed by atoms with E-state index < -0.39 is 0 Å². The first-order chi connectivity index (χ1) is 11.6. The molecule has 2 fully saturated rings. The topological polar surface area (TPSA) is 19.4 Å². The largest absolute Gasteiger partial charge is 0.354 e. The van der Waals surface area contributed by atoms with Gasteiger partial charge in [-0.05, 0) is 62.1 Å². The highest BCUT2D eigenvalue weighted by Crippen LogP contribution is 2.35. The molecule has 0 spiro atoms. The molecule has 0 unspecified atom stereocenters. The predicted molar refractivity (Wildman–Crippen MR) is 103 cm³/mol. The van der Waals surface area contributed by atoms with Crippen LogP contribution in [0, 0.1) is 12.8 Å². The van der Waals surface area contributed by atoms with Gasteiger partial charge in [-0.25, -0.2) is 4.98 Å². The first-order valence-corrected chi connectivity index (χ1v) is 9.21. The van der Waals surface area contributed by atoms with E-state index in [0.717, 1.165) is 53.8 Å². The van der Waals surface area contributed by atoms with E-state index in [-0.39, 0.29) is 0 Å². The van der Waals surface area contributed by atoms with Gasteiger partial charge in [-0.3, -0.25) is 0 Å². The smallest absolute Gasteiger partial charge is 0.132 e. The Hall–Kier alpha value is -1.58. The third-order valence-corrected chi connectivity index (χ3v) is 5.41. The minimum atomic E-state index is 0.763. The molecule has 1 aliphatic heterocycles. The van der Waals surface area contributed by atoms with Gasteiger partial charge in [0.15, 0.2) is 0 Å². The lowest BCUT2D eigenvalue weighted by Crippen LogP contribution is -2.45. The number of benzene rings is 1. The molecule has 0 N–H and O–H groups in total. The monoisotopic (exact) mass is 341 g/mol. The summed E-state index contributed by atoms with van der Waals surface area (Å²) in [5.41, 5.74) is 3.59. The van der Waals surface area contributed by atoms with Crippen molar-refractivity contribution in [2.24, 2.45) is 5.92 Å². The van der Waals surface area contributed by atoms with E-state index in [9.17, 15) is 0 Å². The summed E-state index contributed by atoms with van der Waals surface area (Å²) in [4.78, 5) is 9.79.